The molecular formula is C15H20N2O. The zero-order chi connectivity index (χ0) is 13.1. The third-order valence-corrected chi connectivity index (χ3v) is 3.34. The first kappa shape index (κ1) is 12.8. The van der Waals surface area contributed by atoms with E-state index in [1.807, 2.05) is 31.2 Å². The molecule has 0 bridgehead atoms. The monoisotopic (exact) mass is 244 g/mol. The van der Waals surface area contributed by atoms with Crippen LogP contribution in [-0.4, -0.2) is 11.6 Å². The van der Waals surface area contributed by atoms with E-state index in [0.717, 1.165) is 5.71 Å². The fourth-order valence-corrected chi connectivity index (χ4v) is 1.82. The summed E-state index contributed by atoms with van der Waals surface area (Å²) in [5, 5.41) is 4.14. The van der Waals surface area contributed by atoms with Crippen LogP contribution in [0.1, 0.15) is 55.5 Å². The van der Waals surface area contributed by atoms with Gasteiger partial charge in [-0.2, -0.15) is 5.10 Å². The molecule has 1 fully saturated rings. The van der Waals surface area contributed by atoms with Crippen molar-refractivity contribution in [1.82, 2.24) is 5.43 Å². The fraction of sp³-hybridized carbons (Fsp3) is 0.467. The van der Waals surface area contributed by atoms with Crippen molar-refractivity contribution in [3.8, 4) is 0 Å². The van der Waals surface area contributed by atoms with E-state index in [-0.39, 0.29) is 5.91 Å². The Hall–Kier alpha value is -1.64. The van der Waals surface area contributed by atoms with Gasteiger partial charge in [-0.3, -0.25) is 4.79 Å². The molecule has 1 amide bonds. The Balaban J connectivity index is 1.98. The molecule has 96 valence electrons. The van der Waals surface area contributed by atoms with Crippen LogP contribution in [0.4, 0.5) is 0 Å². The lowest BCUT2D eigenvalue weighted by molar-refractivity contribution is 0.0954. The van der Waals surface area contributed by atoms with Gasteiger partial charge in [-0.25, -0.2) is 5.43 Å². The lowest BCUT2D eigenvalue weighted by Gasteiger charge is -2.06. The highest BCUT2D eigenvalue weighted by Crippen LogP contribution is 2.30. The van der Waals surface area contributed by atoms with Gasteiger partial charge in [0.15, 0.2) is 0 Å². The molecule has 1 aliphatic rings. The highest BCUT2D eigenvalue weighted by molar-refractivity contribution is 5.95. The highest BCUT2D eigenvalue weighted by Gasteiger charge is 2.24. The molecule has 1 aromatic carbocycles. The number of hydrazone groups is 1. The molecule has 0 saturated heterocycles. The van der Waals surface area contributed by atoms with Gasteiger partial charge in [-0.1, -0.05) is 26.0 Å². The third kappa shape index (κ3) is 3.19. The van der Waals surface area contributed by atoms with Gasteiger partial charge in [0.05, 0.1) is 0 Å². The van der Waals surface area contributed by atoms with E-state index in [1.54, 1.807) is 0 Å². The molecule has 0 heterocycles. The van der Waals surface area contributed by atoms with Crippen molar-refractivity contribution in [3.05, 3.63) is 35.4 Å². The minimum atomic E-state index is -0.134. The largest absolute Gasteiger partial charge is 0.271 e. The van der Waals surface area contributed by atoms with Crippen LogP contribution in [0.2, 0.25) is 0 Å². The van der Waals surface area contributed by atoms with E-state index >= 15 is 0 Å². The van der Waals surface area contributed by atoms with Crippen molar-refractivity contribution in [2.75, 3.05) is 0 Å². The number of nitrogens with one attached hydrogen (secondary N) is 1. The van der Waals surface area contributed by atoms with Gasteiger partial charge in [-0.15, -0.1) is 0 Å². The van der Waals surface area contributed by atoms with Crippen LogP contribution in [0.5, 0.6) is 0 Å². The summed E-state index contributed by atoms with van der Waals surface area (Å²) in [6.45, 7) is 6.25. The van der Waals surface area contributed by atoms with Crippen LogP contribution in [0.25, 0.3) is 0 Å². The van der Waals surface area contributed by atoms with E-state index in [4.69, 9.17) is 0 Å². The van der Waals surface area contributed by atoms with E-state index < -0.39 is 0 Å². The highest BCUT2D eigenvalue weighted by atomic mass is 16.2. The van der Waals surface area contributed by atoms with Gasteiger partial charge in [-0.05, 0) is 49.3 Å². The van der Waals surface area contributed by atoms with E-state index in [1.165, 1.54) is 18.4 Å². The number of benzene rings is 1. The number of carbonyl (C=O) groups is 1. The van der Waals surface area contributed by atoms with Crippen LogP contribution >= 0.6 is 0 Å². The zero-order valence-electron chi connectivity index (χ0n) is 11.2. The topological polar surface area (TPSA) is 41.5 Å². The first-order chi connectivity index (χ1) is 8.58. The second kappa shape index (κ2) is 5.34. The number of rotatable bonds is 4. The molecule has 3 heteroatoms. The molecule has 1 aliphatic carbocycles. The molecule has 1 N–H and O–H groups in total. The van der Waals surface area contributed by atoms with Gasteiger partial charge >= 0.3 is 0 Å². The predicted octanol–water partition coefficient (Wildman–Crippen LogP) is 3.33. The van der Waals surface area contributed by atoms with Crippen LogP contribution in [0.15, 0.2) is 29.4 Å². The second-order valence-corrected chi connectivity index (χ2v) is 5.25. The molecule has 3 nitrogen and oxygen atoms in total. The van der Waals surface area contributed by atoms with Gasteiger partial charge in [0, 0.05) is 11.3 Å². The van der Waals surface area contributed by atoms with Crippen LogP contribution in [0, 0.1) is 5.92 Å². The quantitative estimate of drug-likeness (QED) is 0.640. The van der Waals surface area contributed by atoms with Crippen molar-refractivity contribution in [3.63, 3.8) is 0 Å². The third-order valence-electron chi connectivity index (χ3n) is 3.34. The van der Waals surface area contributed by atoms with E-state index in [9.17, 15) is 4.79 Å². The maximum atomic E-state index is 11.9. The van der Waals surface area contributed by atoms with Gasteiger partial charge < -0.3 is 0 Å². The van der Waals surface area contributed by atoms with Gasteiger partial charge in [0.1, 0.15) is 0 Å². The Morgan fingerprint density at radius 3 is 2.39 bits per heavy atom. The number of hydrogen-bond donors (Lipinski definition) is 1. The normalized spacial score (nSPS) is 15.9. The Morgan fingerprint density at radius 1 is 1.28 bits per heavy atom. The molecule has 0 atom stereocenters. The van der Waals surface area contributed by atoms with Crippen molar-refractivity contribution < 1.29 is 4.79 Å². The first-order valence-corrected chi connectivity index (χ1v) is 6.52. The van der Waals surface area contributed by atoms with Crippen molar-refractivity contribution >= 4 is 11.6 Å². The molecule has 0 unspecified atom stereocenters. The average Bonchev–Trinajstić information content (AvgIpc) is 3.20. The maximum Gasteiger partial charge on any atom is 0.271 e. The maximum absolute atomic E-state index is 11.9. The standard InChI is InChI=1S/C15H20N2O/c1-10(2)12-4-8-14(9-5-12)15(18)17-16-11(3)13-6-7-13/h4-5,8-10,13H,6-7H2,1-3H3,(H,17,18). The molecular weight excluding hydrogens is 224 g/mol. The summed E-state index contributed by atoms with van der Waals surface area (Å²) in [6, 6.07) is 7.70. The molecule has 2 rings (SSSR count). The number of amides is 1. The average molecular weight is 244 g/mol. The fourth-order valence-electron chi connectivity index (χ4n) is 1.82. The minimum Gasteiger partial charge on any atom is -0.267 e. The van der Waals surface area contributed by atoms with Crippen molar-refractivity contribution in [1.29, 1.82) is 0 Å². The summed E-state index contributed by atoms with van der Waals surface area (Å²) in [7, 11) is 0. The SMILES string of the molecule is CC(=NNC(=O)c1ccc(C(C)C)cc1)C1CC1. The zero-order valence-corrected chi connectivity index (χ0v) is 11.2. The Morgan fingerprint density at radius 2 is 1.89 bits per heavy atom. The molecule has 0 aliphatic heterocycles. The van der Waals surface area contributed by atoms with Crippen molar-refractivity contribution in [2.24, 2.45) is 11.0 Å². The summed E-state index contributed by atoms with van der Waals surface area (Å²) >= 11 is 0. The lowest BCUT2D eigenvalue weighted by atomic mass is 10.0. The smallest absolute Gasteiger partial charge is 0.267 e. The van der Waals surface area contributed by atoms with Crippen LogP contribution < -0.4 is 5.43 Å². The van der Waals surface area contributed by atoms with E-state index in [0.29, 0.717) is 17.4 Å². The minimum absolute atomic E-state index is 0.134. The Bertz CT molecular complexity index is 456. The van der Waals surface area contributed by atoms with Crippen LogP contribution in [-0.2, 0) is 0 Å². The summed E-state index contributed by atoms with van der Waals surface area (Å²) < 4.78 is 0. The summed E-state index contributed by atoms with van der Waals surface area (Å²) in [4.78, 5) is 11.9. The molecule has 0 aromatic heterocycles. The van der Waals surface area contributed by atoms with Gasteiger partial charge in [0.2, 0.25) is 0 Å². The Labute approximate surface area is 108 Å². The summed E-state index contributed by atoms with van der Waals surface area (Å²) in [6.07, 6.45) is 2.41. The molecule has 1 saturated carbocycles. The van der Waals surface area contributed by atoms with Crippen LogP contribution in [0.3, 0.4) is 0 Å². The summed E-state index contributed by atoms with van der Waals surface area (Å²) in [5.74, 6) is 0.941. The lowest BCUT2D eigenvalue weighted by Crippen LogP contribution is -2.19. The number of nitrogens with zero attached hydrogens (tertiary/aromatic N) is 1. The molecule has 1 aromatic rings. The Kier molecular flexibility index (Phi) is 3.80. The molecule has 0 radical (unpaired) electrons. The number of hydrogen-bond acceptors (Lipinski definition) is 2. The first-order valence-electron chi connectivity index (χ1n) is 6.52. The molecule has 0 spiro atoms. The summed E-state index contributed by atoms with van der Waals surface area (Å²) in [5.41, 5.74) is 5.55. The predicted molar refractivity (Wildman–Crippen MR) is 73.8 cm³/mol. The second-order valence-electron chi connectivity index (χ2n) is 5.25. The van der Waals surface area contributed by atoms with Gasteiger partial charge in [0.25, 0.3) is 5.91 Å². The van der Waals surface area contributed by atoms with Crippen molar-refractivity contribution in [2.45, 2.75) is 39.5 Å². The molecule has 18 heavy (non-hydrogen) atoms. The number of carbonyl (C=O) groups excluding carboxylic acids is 1. The van der Waals surface area contributed by atoms with E-state index in [2.05, 4.69) is 24.4 Å².